The summed E-state index contributed by atoms with van der Waals surface area (Å²) in [6.45, 7) is 6.68. The molecule has 0 bridgehead atoms. The standard InChI is InChI=1S/C28H31Cl2N3O4S/c1-20(27(35)31-28(2,3)4)32(18-21-11-7-5-8-12-21)26(34)19-33(24-16-22(29)15-23(30)17-24)38(36,37)25-13-9-6-10-14-25/h5-17,20H,18-19H2,1-4H3,(H,31,35). The van der Waals surface area contributed by atoms with E-state index in [2.05, 4.69) is 5.32 Å². The maximum absolute atomic E-state index is 13.9. The average molecular weight is 577 g/mol. The molecule has 0 spiro atoms. The predicted octanol–water partition coefficient (Wildman–Crippen LogP) is 5.52. The zero-order valence-corrected chi connectivity index (χ0v) is 24.0. The Kier molecular flexibility index (Phi) is 9.46. The van der Waals surface area contributed by atoms with Gasteiger partial charge in [-0.05, 0) is 63.6 Å². The SMILES string of the molecule is CC(C(=O)NC(C)(C)C)N(Cc1ccccc1)C(=O)CN(c1cc(Cl)cc(Cl)c1)S(=O)(=O)c1ccccc1. The second-order valence-corrected chi connectivity index (χ2v) is 12.6. The highest BCUT2D eigenvalue weighted by Crippen LogP contribution is 2.30. The molecule has 2 amide bonds. The first-order valence-electron chi connectivity index (χ1n) is 12.0. The van der Waals surface area contributed by atoms with Crippen molar-refractivity contribution in [2.75, 3.05) is 10.8 Å². The second-order valence-electron chi connectivity index (χ2n) is 9.87. The number of carbonyl (C=O) groups is 2. The van der Waals surface area contributed by atoms with Gasteiger partial charge in [0.25, 0.3) is 10.0 Å². The van der Waals surface area contributed by atoms with Crippen LogP contribution in [-0.4, -0.2) is 43.3 Å². The molecule has 10 heteroatoms. The summed E-state index contributed by atoms with van der Waals surface area (Å²) in [7, 11) is -4.20. The average Bonchev–Trinajstić information content (AvgIpc) is 2.84. The number of anilines is 1. The number of rotatable bonds is 9. The van der Waals surface area contributed by atoms with Gasteiger partial charge in [0.1, 0.15) is 12.6 Å². The summed E-state index contributed by atoms with van der Waals surface area (Å²) in [5.41, 5.74) is 0.401. The number of benzene rings is 3. The van der Waals surface area contributed by atoms with Crippen molar-refractivity contribution in [3.63, 3.8) is 0 Å². The molecule has 7 nitrogen and oxygen atoms in total. The van der Waals surface area contributed by atoms with Crippen molar-refractivity contribution in [3.8, 4) is 0 Å². The lowest BCUT2D eigenvalue weighted by Crippen LogP contribution is -2.54. The number of hydrogen-bond acceptors (Lipinski definition) is 4. The highest BCUT2D eigenvalue weighted by Gasteiger charge is 2.33. The second kappa shape index (κ2) is 12.2. The topological polar surface area (TPSA) is 86.8 Å². The lowest BCUT2D eigenvalue weighted by atomic mass is 10.1. The molecule has 0 saturated heterocycles. The summed E-state index contributed by atoms with van der Waals surface area (Å²) in [5, 5.41) is 3.33. The Morgan fingerprint density at radius 3 is 1.95 bits per heavy atom. The van der Waals surface area contributed by atoms with Gasteiger partial charge in [-0.2, -0.15) is 0 Å². The Balaban J connectivity index is 2.05. The van der Waals surface area contributed by atoms with Crippen molar-refractivity contribution < 1.29 is 18.0 Å². The third-order valence-corrected chi connectivity index (χ3v) is 7.83. The molecule has 3 rings (SSSR count). The molecule has 3 aromatic carbocycles. The number of halogens is 2. The smallest absolute Gasteiger partial charge is 0.264 e. The molecule has 0 aromatic heterocycles. The summed E-state index contributed by atoms with van der Waals surface area (Å²) in [4.78, 5) is 28.3. The van der Waals surface area contributed by atoms with E-state index in [4.69, 9.17) is 23.2 Å². The van der Waals surface area contributed by atoms with Crippen LogP contribution in [0.1, 0.15) is 33.3 Å². The third kappa shape index (κ3) is 7.72. The first-order chi connectivity index (χ1) is 17.8. The first kappa shape index (κ1) is 29.5. The summed E-state index contributed by atoms with van der Waals surface area (Å²) in [5.74, 6) is -0.925. The minimum atomic E-state index is -4.20. The molecule has 0 saturated carbocycles. The van der Waals surface area contributed by atoms with Crippen LogP contribution < -0.4 is 9.62 Å². The zero-order valence-electron chi connectivity index (χ0n) is 21.7. The number of nitrogens with one attached hydrogen (secondary N) is 1. The van der Waals surface area contributed by atoms with Crippen LogP contribution >= 0.6 is 23.2 Å². The van der Waals surface area contributed by atoms with E-state index in [-0.39, 0.29) is 33.1 Å². The monoisotopic (exact) mass is 575 g/mol. The summed E-state index contributed by atoms with van der Waals surface area (Å²) in [6, 6.07) is 20.4. The third-order valence-electron chi connectivity index (χ3n) is 5.61. The molecule has 38 heavy (non-hydrogen) atoms. The van der Waals surface area contributed by atoms with Gasteiger partial charge in [-0.25, -0.2) is 8.42 Å². The van der Waals surface area contributed by atoms with Gasteiger partial charge >= 0.3 is 0 Å². The lowest BCUT2D eigenvalue weighted by Gasteiger charge is -2.33. The molecule has 0 radical (unpaired) electrons. The normalized spacial score (nSPS) is 12.5. The van der Waals surface area contributed by atoms with E-state index in [0.29, 0.717) is 0 Å². The van der Waals surface area contributed by atoms with Crippen molar-refractivity contribution in [2.45, 2.75) is 50.7 Å². The van der Waals surface area contributed by atoms with Crippen LogP contribution in [0.4, 0.5) is 5.69 Å². The van der Waals surface area contributed by atoms with Crippen LogP contribution in [-0.2, 0) is 26.2 Å². The molecule has 1 N–H and O–H groups in total. The Labute approximate surface area is 234 Å². The minimum absolute atomic E-state index is 0.00275. The van der Waals surface area contributed by atoms with E-state index in [9.17, 15) is 18.0 Å². The molecule has 0 fully saturated rings. The van der Waals surface area contributed by atoms with Crippen LogP contribution in [0, 0.1) is 0 Å². The molecular formula is C28H31Cl2N3O4S. The van der Waals surface area contributed by atoms with E-state index in [1.807, 2.05) is 51.1 Å². The quantitative estimate of drug-likeness (QED) is 0.364. The van der Waals surface area contributed by atoms with Crippen LogP contribution in [0.5, 0.6) is 0 Å². The van der Waals surface area contributed by atoms with E-state index in [0.717, 1.165) is 9.87 Å². The van der Waals surface area contributed by atoms with Crippen molar-refractivity contribution in [2.24, 2.45) is 0 Å². The van der Waals surface area contributed by atoms with Gasteiger partial charge in [-0.1, -0.05) is 71.7 Å². The number of carbonyl (C=O) groups excluding carboxylic acids is 2. The first-order valence-corrected chi connectivity index (χ1v) is 14.2. The molecule has 0 aliphatic rings. The van der Waals surface area contributed by atoms with Gasteiger partial charge in [0.05, 0.1) is 10.6 Å². The summed E-state index contributed by atoms with van der Waals surface area (Å²) < 4.78 is 28.5. The molecule has 1 unspecified atom stereocenters. The fraction of sp³-hybridized carbons (Fsp3) is 0.286. The fourth-order valence-electron chi connectivity index (χ4n) is 3.77. The van der Waals surface area contributed by atoms with Gasteiger partial charge in [0.2, 0.25) is 11.8 Å². The van der Waals surface area contributed by atoms with Crippen LogP contribution in [0.15, 0.2) is 83.8 Å². The van der Waals surface area contributed by atoms with Gasteiger partial charge < -0.3 is 10.2 Å². The minimum Gasteiger partial charge on any atom is -0.350 e. The van der Waals surface area contributed by atoms with Crippen LogP contribution in [0.3, 0.4) is 0 Å². The van der Waals surface area contributed by atoms with Crippen molar-refractivity contribution >= 4 is 50.7 Å². The van der Waals surface area contributed by atoms with Gasteiger partial charge in [0, 0.05) is 22.1 Å². The Bertz CT molecular complexity index is 1360. The van der Waals surface area contributed by atoms with Crippen molar-refractivity contribution in [1.82, 2.24) is 10.2 Å². The molecule has 0 aliphatic carbocycles. The Morgan fingerprint density at radius 1 is 0.895 bits per heavy atom. The maximum Gasteiger partial charge on any atom is 0.264 e. The van der Waals surface area contributed by atoms with Crippen LogP contribution in [0.2, 0.25) is 10.0 Å². The lowest BCUT2D eigenvalue weighted by molar-refractivity contribution is -0.140. The van der Waals surface area contributed by atoms with Gasteiger partial charge in [0.15, 0.2) is 0 Å². The van der Waals surface area contributed by atoms with Crippen LogP contribution in [0.25, 0.3) is 0 Å². The Hall–Kier alpha value is -3.07. The number of sulfonamides is 1. The van der Waals surface area contributed by atoms with Gasteiger partial charge in [-0.3, -0.25) is 13.9 Å². The van der Waals surface area contributed by atoms with Crippen molar-refractivity contribution in [1.29, 1.82) is 0 Å². The van der Waals surface area contributed by atoms with E-state index in [1.165, 1.54) is 35.2 Å². The number of amides is 2. The summed E-state index contributed by atoms with van der Waals surface area (Å²) in [6.07, 6.45) is 0. The fourth-order valence-corrected chi connectivity index (χ4v) is 5.70. The molecule has 1 atom stereocenters. The molecule has 3 aromatic rings. The maximum atomic E-state index is 13.9. The zero-order chi connectivity index (χ0) is 28.1. The highest BCUT2D eigenvalue weighted by molar-refractivity contribution is 7.92. The number of nitrogens with zero attached hydrogens (tertiary/aromatic N) is 2. The predicted molar refractivity (Wildman–Crippen MR) is 152 cm³/mol. The van der Waals surface area contributed by atoms with E-state index in [1.54, 1.807) is 25.1 Å². The molecule has 0 aliphatic heterocycles. The summed E-state index contributed by atoms with van der Waals surface area (Å²) >= 11 is 12.4. The van der Waals surface area contributed by atoms with Crippen molar-refractivity contribution in [3.05, 3.63) is 94.5 Å². The molecule has 202 valence electrons. The van der Waals surface area contributed by atoms with E-state index < -0.39 is 34.1 Å². The highest BCUT2D eigenvalue weighted by atomic mass is 35.5. The molecular weight excluding hydrogens is 545 g/mol. The Morgan fingerprint density at radius 2 is 1.42 bits per heavy atom. The number of hydrogen-bond donors (Lipinski definition) is 1. The van der Waals surface area contributed by atoms with Gasteiger partial charge in [-0.15, -0.1) is 0 Å². The van der Waals surface area contributed by atoms with E-state index >= 15 is 0 Å². The molecule has 0 heterocycles. The largest absolute Gasteiger partial charge is 0.350 e.